The molecule has 0 saturated heterocycles. The van der Waals surface area contributed by atoms with Crippen LogP contribution in [0.1, 0.15) is 24.5 Å². The van der Waals surface area contributed by atoms with E-state index in [0.29, 0.717) is 26.4 Å². The molecule has 0 aliphatic rings. The summed E-state index contributed by atoms with van der Waals surface area (Å²) in [5.41, 5.74) is 2.34. The minimum absolute atomic E-state index is 0.0831. The van der Waals surface area contributed by atoms with Crippen molar-refractivity contribution in [1.82, 2.24) is 5.32 Å². The standard InChI is InChI=1S/C21H27NO3/c1-18(25-17-20-11-6-3-7-12-20)21(23)22-14-8-15-24-16-13-19-9-4-2-5-10-19/h2-7,9-12,18H,8,13-17H2,1H3,(H,22,23)/t18-/m1/s1. The van der Waals surface area contributed by atoms with Crippen molar-refractivity contribution in [3.63, 3.8) is 0 Å². The van der Waals surface area contributed by atoms with Crippen LogP contribution in [0, 0.1) is 0 Å². The van der Waals surface area contributed by atoms with Crippen LogP contribution in [0.3, 0.4) is 0 Å². The lowest BCUT2D eigenvalue weighted by atomic mass is 10.2. The molecule has 2 aromatic rings. The van der Waals surface area contributed by atoms with Crippen LogP contribution in [0.25, 0.3) is 0 Å². The van der Waals surface area contributed by atoms with Crippen molar-refractivity contribution < 1.29 is 14.3 Å². The van der Waals surface area contributed by atoms with Crippen LogP contribution in [-0.2, 0) is 27.3 Å². The summed E-state index contributed by atoms with van der Waals surface area (Å²) >= 11 is 0. The molecule has 1 N–H and O–H groups in total. The van der Waals surface area contributed by atoms with E-state index in [1.807, 2.05) is 48.5 Å². The molecule has 2 rings (SSSR count). The normalized spacial score (nSPS) is 11.9. The molecule has 0 heterocycles. The van der Waals surface area contributed by atoms with Gasteiger partial charge < -0.3 is 14.8 Å². The Labute approximate surface area is 150 Å². The second kappa shape index (κ2) is 11.4. The molecule has 0 saturated carbocycles. The maximum atomic E-state index is 12.0. The molecule has 1 atom stereocenters. The van der Waals surface area contributed by atoms with Crippen LogP contribution in [0.2, 0.25) is 0 Å². The Morgan fingerprint density at radius 3 is 2.28 bits per heavy atom. The number of benzene rings is 2. The number of ether oxygens (including phenoxy) is 2. The first-order valence-electron chi connectivity index (χ1n) is 8.80. The zero-order valence-corrected chi connectivity index (χ0v) is 14.8. The van der Waals surface area contributed by atoms with Crippen molar-refractivity contribution in [3.05, 3.63) is 71.8 Å². The molecule has 2 aromatic carbocycles. The molecule has 25 heavy (non-hydrogen) atoms. The van der Waals surface area contributed by atoms with Gasteiger partial charge in [-0.2, -0.15) is 0 Å². The maximum Gasteiger partial charge on any atom is 0.248 e. The Balaban J connectivity index is 1.48. The van der Waals surface area contributed by atoms with Gasteiger partial charge in [0.15, 0.2) is 0 Å². The number of rotatable bonds is 11. The van der Waals surface area contributed by atoms with Crippen LogP contribution in [0.15, 0.2) is 60.7 Å². The first kappa shape index (κ1) is 19.2. The predicted octanol–water partition coefficient (Wildman–Crippen LogP) is 3.36. The molecular weight excluding hydrogens is 314 g/mol. The highest BCUT2D eigenvalue weighted by Crippen LogP contribution is 2.03. The molecule has 134 valence electrons. The van der Waals surface area contributed by atoms with E-state index in [4.69, 9.17) is 9.47 Å². The number of hydrogen-bond donors (Lipinski definition) is 1. The van der Waals surface area contributed by atoms with Crippen LogP contribution in [0.4, 0.5) is 0 Å². The van der Waals surface area contributed by atoms with Gasteiger partial charge >= 0.3 is 0 Å². The fourth-order valence-electron chi connectivity index (χ4n) is 2.34. The Morgan fingerprint density at radius 2 is 1.60 bits per heavy atom. The van der Waals surface area contributed by atoms with E-state index in [0.717, 1.165) is 18.4 Å². The van der Waals surface area contributed by atoms with E-state index in [1.54, 1.807) is 6.92 Å². The third kappa shape index (κ3) is 7.96. The molecule has 0 aliphatic heterocycles. The first-order chi connectivity index (χ1) is 12.3. The molecule has 0 unspecified atom stereocenters. The van der Waals surface area contributed by atoms with Gasteiger partial charge in [0.25, 0.3) is 0 Å². The summed E-state index contributed by atoms with van der Waals surface area (Å²) in [4.78, 5) is 12.0. The van der Waals surface area contributed by atoms with Gasteiger partial charge in [-0.1, -0.05) is 60.7 Å². The molecule has 0 aliphatic carbocycles. The molecule has 0 bridgehead atoms. The van der Waals surface area contributed by atoms with Crippen molar-refractivity contribution in [2.45, 2.75) is 32.5 Å². The predicted molar refractivity (Wildman–Crippen MR) is 99.3 cm³/mol. The Morgan fingerprint density at radius 1 is 0.960 bits per heavy atom. The summed E-state index contributed by atoms with van der Waals surface area (Å²) < 4.78 is 11.2. The van der Waals surface area contributed by atoms with E-state index >= 15 is 0 Å². The highest BCUT2D eigenvalue weighted by atomic mass is 16.5. The fraction of sp³-hybridized carbons (Fsp3) is 0.381. The second-order valence-electron chi connectivity index (χ2n) is 5.93. The SMILES string of the molecule is C[C@@H](OCc1ccccc1)C(=O)NCCCOCCc1ccccc1. The number of nitrogens with one attached hydrogen (secondary N) is 1. The van der Waals surface area contributed by atoms with Crippen molar-refractivity contribution in [1.29, 1.82) is 0 Å². The fourth-order valence-corrected chi connectivity index (χ4v) is 2.34. The number of amides is 1. The number of hydrogen-bond acceptors (Lipinski definition) is 3. The van der Waals surface area contributed by atoms with E-state index < -0.39 is 6.10 Å². The Bertz CT molecular complexity index is 601. The zero-order valence-electron chi connectivity index (χ0n) is 14.8. The van der Waals surface area contributed by atoms with Gasteiger partial charge in [0.1, 0.15) is 6.10 Å². The number of carbonyl (C=O) groups is 1. The molecule has 0 spiro atoms. The zero-order chi connectivity index (χ0) is 17.7. The minimum Gasteiger partial charge on any atom is -0.381 e. The quantitative estimate of drug-likeness (QED) is 0.638. The number of carbonyl (C=O) groups excluding carboxylic acids is 1. The molecule has 1 amide bonds. The summed E-state index contributed by atoms with van der Waals surface area (Å²) in [6, 6.07) is 20.1. The lowest BCUT2D eigenvalue weighted by molar-refractivity contribution is -0.132. The summed E-state index contributed by atoms with van der Waals surface area (Å²) in [5.74, 6) is -0.0831. The largest absolute Gasteiger partial charge is 0.381 e. The Hall–Kier alpha value is -2.17. The molecule has 0 fully saturated rings. The van der Waals surface area contributed by atoms with E-state index in [2.05, 4.69) is 17.4 Å². The summed E-state index contributed by atoms with van der Waals surface area (Å²) in [6.45, 7) is 4.16. The smallest absolute Gasteiger partial charge is 0.248 e. The van der Waals surface area contributed by atoms with E-state index in [9.17, 15) is 4.79 Å². The van der Waals surface area contributed by atoms with Crippen molar-refractivity contribution in [3.8, 4) is 0 Å². The average Bonchev–Trinajstić information content (AvgIpc) is 2.66. The van der Waals surface area contributed by atoms with Crippen LogP contribution < -0.4 is 5.32 Å². The van der Waals surface area contributed by atoms with Crippen LogP contribution in [0.5, 0.6) is 0 Å². The van der Waals surface area contributed by atoms with Gasteiger partial charge in [0.05, 0.1) is 13.2 Å². The highest BCUT2D eigenvalue weighted by molar-refractivity contribution is 5.80. The van der Waals surface area contributed by atoms with Crippen LogP contribution in [-0.4, -0.2) is 31.8 Å². The molecule has 4 heteroatoms. The third-order valence-electron chi connectivity index (χ3n) is 3.85. The summed E-state index contributed by atoms with van der Waals surface area (Å²) in [5, 5.41) is 2.88. The van der Waals surface area contributed by atoms with Crippen molar-refractivity contribution in [2.75, 3.05) is 19.8 Å². The van der Waals surface area contributed by atoms with Gasteiger partial charge in [-0.25, -0.2) is 0 Å². The topological polar surface area (TPSA) is 47.6 Å². The van der Waals surface area contributed by atoms with E-state index in [1.165, 1.54) is 5.56 Å². The van der Waals surface area contributed by atoms with Crippen molar-refractivity contribution in [2.24, 2.45) is 0 Å². The maximum absolute atomic E-state index is 12.0. The minimum atomic E-state index is -0.459. The first-order valence-corrected chi connectivity index (χ1v) is 8.80. The average molecular weight is 341 g/mol. The second-order valence-corrected chi connectivity index (χ2v) is 5.93. The van der Waals surface area contributed by atoms with E-state index in [-0.39, 0.29) is 5.91 Å². The van der Waals surface area contributed by atoms with Gasteiger partial charge in [-0.3, -0.25) is 4.79 Å². The Kier molecular flexibility index (Phi) is 8.73. The van der Waals surface area contributed by atoms with Gasteiger partial charge in [-0.05, 0) is 30.9 Å². The molecule has 0 radical (unpaired) electrons. The van der Waals surface area contributed by atoms with Crippen molar-refractivity contribution >= 4 is 5.91 Å². The molecule has 0 aromatic heterocycles. The lowest BCUT2D eigenvalue weighted by Gasteiger charge is -2.13. The molecule has 4 nitrogen and oxygen atoms in total. The van der Waals surface area contributed by atoms with Crippen LogP contribution >= 0.6 is 0 Å². The summed E-state index contributed by atoms with van der Waals surface area (Å²) in [7, 11) is 0. The van der Waals surface area contributed by atoms with Gasteiger partial charge in [0.2, 0.25) is 5.91 Å². The van der Waals surface area contributed by atoms with Gasteiger partial charge in [0, 0.05) is 13.2 Å². The third-order valence-corrected chi connectivity index (χ3v) is 3.85. The lowest BCUT2D eigenvalue weighted by Crippen LogP contribution is -2.35. The monoisotopic (exact) mass is 341 g/mol. The van der Waals surface area contributed by atoms with Gasteiger partial charge in [-0.15, -0.1) is 0 Å². The highest BCUT2D eigenvalue weighted by Gasteiger charge is 2.12. The molecular formula is C21H27NO3. The summed E-state index contributed by atoms with van der Waals surface area (Å²) in [6.07, 6.45) is 1.25.